The molecule has 1 aromatic carbocycles. The quantitative estimate of drug-likeness (QED) is 0.572. The molecule has 0 aliphatic carbocycles. The van der Waals surface area contributed by atoms with Crippen molar-refractivity contribution in [3.05, 3.63) is 28.3 Å². The Morgan fingerprint density at radius 1 is 1.14 bits per heavy atom. The van der Waals surface area contributed by atoms with Crippen LogP contribution in [0.4, 0.5) is 11.4 Å². The summed E-state index contributed by atoms with van der Waals surface area (Å²) in [6, 6.07) is 4.38. The maximum absolute atomic E-state index is 13.0. The van der Waals surface area contributed by atoms with Gasteiger partial charge in [-0.15, -0.1) is 0 Å². The molecule has 3 rings (SSSR count). The van der Waals surface area contributed by atoms with Gasteiger partial charge < -0.3 is 10.2 Å². The van der Waals surface area contributed by atoms with Crippen LogP contribution in [0.25, 0.3) is 0 Å². The highest BCUT2D eigenvalue weighted by molar-refractivity contribution is 7.89. The largest absolute Gasteiger partial charge is 0.375 e. The molecule has 2 saturated heterocycles. The molecule has 2 fully saturated rings. The van der Waals surface area contributed by atoms with Gasteiger partial charge in [0.25, 0.3) is 5.69 Å². The number of likely N-dealkylation sites (N-methyl/N-ethyl adjacent to an activating group) is 1. The van der Waals surface area contributed by atoms with E-state index in [4.69, 9.17) is 0 Å². The zero-order valence-electron chi connectivity index (χ0n) is 16.5. The molecule has 0 saturated carbocycles. The Morgan fingerprint density at radius 3 is 2.50 bits per heavy atom. The van der Waals surface area contributed by atoms with E-state index >= 15 is 0 Å². The number of nitrogens with one attached hydrogen (secondary N) is 1. The molecule has 0 amide bonds. The minimum absolute atomic E-state index is 0.00507. The second kappa shape index (κ2) is 9.19. The van der Waals surface area contributed by atoms with Crippen LogP contribution in [0.15, 0.2) is 23.1 Å². The third-order valence-electron chi connectivity index (χ3n) is 5.68. The number of nitro benzene ring substituents is 1. The number of anilines is 1. The van der Waals surface area contributed by atoms with E-state index in [0.717, 1.165) is 58.2 Å². The lowest BCUT2D eigenvalue weighted by Crippen LogP contribution is -2.41. The van der Waals surface area contributed by atoms with Gasteiger partial charge in [0, 0.05) is 31.7 Å². The van der Waals surface area contributed by atoms with Gasteiger partial charge in [-0.05, 0) is 50.9 Å². The monoisotopic (exact) mass is 410 g/mol. The van der Waals surface area contributed by atoms with Crippen molar-refractivity contribution < 1.29 is 13.3 Å². The van der Waals surface area contributed by atoms with Crippen LogP contribution in [0.2, 0.25) is 0 Å². The first-order valence-electron chi connectivity index (χ1n) is 10.2. The van der Waals surface area contributed by atoms with Crippen LogP contribution in [0.1, 0.15) is 45.4 Å². The lowest BCUT2D eigenvalue weighted by molar-refractivity contribution is -0.384. The van der Waals surface area contributed by atoms with Gasteiger partial charge in [0.15, 0.2) is 0 Å². The van der Waals surface area contributed by atoms with Gasteiger partial charge in [0.2, 0.25) is 10.0 Å². The minimum atomic E-state index is -3.71. The summed E-state index contributed by atoms with van der Waals surface area (Å²) in [6.45, 7) is 5.89. The molecular weight excluding hydrogens is 380 g/mol. The average Bonchev–Trinajstić information content (AvgIpc) is 2.98. The van der Waals surface area contributed by atoms with Crippen LogP contribution in [0, 0.1) is 10.1 Å². The molecule has 1 aromatic rings. The summed E-state index contributed by atoms with van der Waals surface area (Å²) in [6.07, 6.45) is 5.69. The standard InChI is InChI=1S/C19H30N4O4S/c1-2-21-11-7-8-16(15-21)20-18-10-9-17(14-19(18)23(24)25)28(26,27)22-12-5-3-4-6-13-22/h9-10,14,16,20H,2-8,11-13,15H2,1H3. The maximum Gasteiger partial charge on any atom is 0.293 e. The van der Waals surface area contributed by atoms with Gasteiger partial charge in [0.05, 0.1) is 9.82 Å². The summed E-state index contributed by atoms with van der Waals surface area (Å²) in [5.74, 6) is 0. The van der Waals surface area contributed by atoms with Gasteiger partial charge in [0.1, 0.15) is 5.69 Å². The van der Waals surface area contributed by atoms with Crippen LogP contribution in [0.3, 0.4) is 0 Å². The second-order valence-corrected chi connectivity index (χ2v) is 9.57. The molecule has 28 heavy (non-hydrogen) atoms. The molecule has 1 N–H and O–H groups in total. The van der Waals surface area contributed by atoms with Gasteiger partial charge in [-0.2, -0.15) is 4.31 Å². The Labute approximate surface area is 167 Å². The van der Waals surface area contributed by atoms with Crippen molar-refractivity contribution in [3.8, 4) is 0 Å². The molecule has 2 aliphatic rings. The summed E-state index contributed by atoms with van der Waals surface area (Å²) in [7, 11) is -3.71. The smallest absolute Gasteiger partial charge is 0.293 e. The second-order valence-electron chi connectivity index (χ2n) is 7.63. The Morgan fingerprint density at radius 2 is 1.86 bits per heavy atom. The third kappa shape index (κ3) is 4.82. The highest BCUT2D eigenvalue weighted by Gasteiger charge is 2.29. The van der Waals surface area contributed by atoms with Crippen molar-refractivity contribution >= 4 is 21.4 Å². The van der Waals surface area contributed by atoms with Crippen LogP contribution >= 0.6 is 0 Å². The molecule has 1 atom stereocenters. The van der Waals surface area contributed by atoms with E-state index in [1.165, 1.54) is 16.4 Å². The number of likely N-dealkylation sites (tertiary alicyclic amines) is 1. The summed E-state index contributed by atoms with van der Waals surface area (Å²) in [5, 5.41) is 14.9. The fourth-order valence-electron chi connectivity index (χ4n) is 4.06. The topological polar surface area (TPSA) is 95.8 Å². The molecule has 0 radical (unpaired) electrons. The molecule has 2 heterocycles. The van der Waals surface area contributed by atoms with Crippen molar-refractivity contribution in [1.82, 2.24) is 9.21 Å². The third-order valence-corrected chi connectivity index (χ3v) is 7.58. The van der Waals surface area contributed by atoms with Crippen molar-refractivity contribution in [3.63, 3.8) is 0 Å². The van der Waals surface area contributed by atoms with E-state index in [1.807, 2.05) is 0 Å². The first kappa shape index (κ1) is 21.0. The number of rotatable bonds is 6. The van der Waals surface area contributed by atoms with E-state index in [1.54, 1.807) is 6.07 Å². The SMILES string of the molecule is CCN1CCCC(Nc2ccc(S(=O)(=O)N3CCCCCC3)cc2[N+](=O)[O-])C1. The zero-order valence-corrected chi connectivity index (χ0v) is 17.3. The highest BCUT2D eigenvalue weighted by atomic mass is 32.2. The van der Waals surface area contributed by atoms with Crippen molar-refractivity contribution in [2.45, 2.75) is 56.4 Å². The van der Waals surface area contributed by atoms with Crippen LogP contribution in [0.5, 0.6) is 0 Å². The predicted octanol–water partition coefficient (Wildman–Crippen LogP) is 3.06. The number of nitrogens with zero attached hydrogens (tertiary/aromatic N) is 3. The predicted molar refractivity (Wildman–Crippen MR) is 109 cm³/mol. The first-order chi connectivity index (χ1) is 13.4. The normalized spacial score (nSPS) is 22.5. The molecule has 156 valence electrons. The van der Waals surface area contributed by atoms with Crippen molar-refractivity contribution in [1.29, 1.82) is 0 Å². The molecule has 0 bridgehead atoms. The summed E-state index contributed by atoms with van der Waals surface area (Å²) < 4.78 is 27.4. The molecule has 0 aromatic heterocycles. The van der Waals surface area contributed by atoms with Crippen LogP contribution < -0.4 is 5.32 Å². The number of hydrogen-bond acceptors (Lipinski definition) is 6. The molecule has 1 unspecified atom stereocenters. The molecule has 9 heteroatoms. The molecule has 0 spiro atoms. The summed E-state index contributed by atoms with van der Waals surface area (Å²) in [5.41, 5.74) is 0.215. The Balaban J connectivity index is 1.83. The average molecular weight is 411 g/mol. The minimum Gasteiger partial charge on any atom is -0.375 e. The van der Waals surface area contributed by atoms with Crippen LogP contribution in [-0.4, -0.2) is 61.3 Å². The molecule has 2 aliphatic heterocycles. The molecular formula is C19H30N4O4S. The first-order valence-corrected chi connectivity index (χ1v) is 11.6. The van der Waals surface area contributed by atoms with E-state index in [9.17, 15) is 18.5 Å². The fraction of sp³-hybridized carbons (Fsp3) is 0.684. The maximum atomic E-state index is 13.0. The number of nitro groups is 1. The fourth-order valence-corrected chi connectivity index (χ4v) is 5.59. The number of sulfonamides is 1. The lowest BCUT2D eigenvalue weighted by atomic mass is 10.1. The Bertz CT molecular complexity index is 791. The Hall–Kier alpha value is -1.71. The van der Waals surface area contributed by atoms with Gasteiger partial charge in [-0.3, -0.25) is 10.1 Å². The van der Waals surface area contributed by atoms with Gasteiger partial charge in [-0.1, -0.05) is 19.8 Å². The van der Waals surface area contributed by atoms with Gasteiger partial charge >= 0.3 is 0 Å². The van der Waals surface area contributed by atoms with E-state index in [2.05, 4.69) is 17.1 Å². The number of hydrogen-bond donors (Lipinski definition) is 1. The highest BCUT2D eigenvalue weighted by Crippen LogP contribution is 2.31. The van der Waals surface area contributed by atoms with Crippen molar-refractivity contribution in [2.75, 3.05) is 38.0 Å². The van der Waals surface area contributed by atoms with E-state index in [0.29, 0.717) is 18.8 Å². The lowest BCUT2D eigenvalue weighted by Gasteiger charge is -2.32. The number of piperidine rings is 1. The number of benzene rings is 1. The zero-order chi connectivity index (χ0) is 20.1. The summed E-state index contributed by atoms with van der Waals surface area (Å²) in [4.78, 5) is 13.5. The van der Waals surface area contributed by atoms with E-state index in [-0.39, 0.29) is 16.6 Å². The Kier molecular flexibility index (Phi) is 6.90. The van der Waals surface area contributed by atoms with Crippen molar-refractivity contribution in [2.24, 2.45) is 0 Å². The van der Waals surface area contributed by atoms with Gasteiger partial charge in [-0.25, -0.2) is 8.42 Å². The van der Waals surface area contributed by atoms with Crippen LogP contribution in [-0.2, 0) is 10.0 Å². The summed E-state index contributed by atoms with van der Waals surface area (Å²) >= 11 is 0. The van der Waals surface area contributed by atoms with E-state index < -0.39 is 14.9 Å². The molecule has 8 nitrogen and oxygen atoms in total.